The number of pyridine rings is 1. The molecular formula is C22H27N3O3. The summed E-state index contributed by atoms with van der Waals surface area (Å²) in [6.45, 7) is 2.06. The second kappa shape index (κ2) is 9.88. The van der Waals surface area contributed by atoms with Crippen LogP contribution in [0.25, 0.3) is 0 Å². The van der Waals surface area contributed by atoms with Gasteiger partial charge in [0.2, 0.25) is 0 Å². The molecule has 2 heterocycles. The van der Waals surface area contributed by atoms with Gasteiger partial charge in [-0.25, -0.2) is 0 Å². The number of carbonyl (C=O) groups is 2. The van der Waals surface area contributed by atoms with Gasteiger partial charge in [0.25, 0.3) is 11.8 Å². The number of nitrogens with one attached hydrogen (secondary N) is 1. The van der Waals surface area contributed by atoms with E-state index in [4.69, 9.17) is 4.74 Å². The van der Waals surface area contributed by atoms with E-state index in [9.17, 15) is 9.59 Å². The van der Waals surface area contributed by atoms with Crippen LogP contribution < -0.4 is 10.1 Å². The summed E-state index contributed by atoms with van der Waals surface area (Å²) >= 11 is 0. The number of likely N-dealkylation sites (tertiary alicyclic amines) is 1. The average Bonchev–Trinajstić information content (AvgIpc) is 3.03. The summed E-state index contributed by atoms with van der Waals surface area (Å²) in [5.41, 5.74) is 1.91. The summed E-state index contributed by atoms with van der Waals surface area (Å²) < 4.78 is 5.14. The molecule has 3 rings (SSSR count). The van der Waals surface area contributed by atoms with Crippen molar-refractivity contribution in [2.45, 2.75) is 32.1 Å². The van der Waals surface area contributed by atoms with E-state index in [1.54, 1.807) is 19.2 Å². The van der Waals surface area contributed by atoms with Crippen molar-refractivity contribution in [2.24, 2.45) is 0 Å². The fraction of sp³-hybridized carbons (Fsp3) is 0.409. The molecule has 0 atom stereocenters. The molecular weight excluding hydrogens is 354 g/mol. The van der Waals surface area contributed by atoms with E-state index in [0.717, 1.165) is 37.2 Å². The third kappa shape index (κ3) is 5.31. The first kappa shape index (κ1) is 19.9. The Hall–Kier alpha value is -2.89. The topological polar surface area (TPSA) is 71.5 Å². The first-order valence-electron chi connectivity index (χ1n) is 9.84. The molecule has 0 saturated carbocycles. The van der Waals surface area contributed by atoms with Gasteiger partial charge in [0.15, 0.2) is 0 Å². The predicted molar refractivity (Wildman–Crippen MR) is 108 cm³/mol. The largest absolute Gasteiger partial charge is 0.497 e. The molecule has 6 nitrogen and oxygen atoms in total. The smallest absolute Gasteiger partial charge is 0.269 e. The Morgan fingerprint density at radius 2 is 1.79 bits per heavy atom. The van der Waals surface area contributed by atoms with Gasteiger partial charge in [-0.3, -0.25) is 14.6 Å². The first-order chi connectivity index (χ1) is 13.7. The highest BCUT2D eigenvalue weighted by molar-refractivity contribution is 5.98. The molecule has 0 bridgehead atoms. The molecule has 0 aliphatic carbocycles. The summed E-state index contributed by atoms with van der Waals surface area (Å²) in [5.74, 6) is 0.526. The highest BCUT2D eigenvalue weighted by atomic mass is 16.5. The third-order valence-electron chi connectivity index (χ3n) is 4.99. The molecule has 148 valence electrons. The quantitative estimate of drug-likeness (QED) is 0.835. The van der Waals surface area contributed by atoms with E-state index in [2.05, 4.69) is 10.3 Å². The van der Waals surface area contributed by atoms with Crippen molar-refractivity contribution in [3.8, 4) is 5.75 Å². The number of methoxy groups -OCH3 is 1. The first-order valence-corrected chi connectivity index (χ1v) is 9.84. The molecule has 1 aromatic carbocycles. The van der Waals surface area contributed by atoms with E-state index in [1.165, 1.54) is 19.0 Å². The molecule has 1 fully saturated rings. The molecule has 2 aromatic rings. The Balaban J connectivity index is 1.56. The molecule has 0 spiro atoms. The summed E-state index contributed by atoms with van der Waals surface area (Å²) in [5, 5.41) is 2.87. The van der Waals surface area contributed by atoms with Gasteiger partial charge in [-0.1, -0.05) is 25.0 Å². The Bertz CT molecular complexity index is 797. The van der Waals surface area contributed by atoms with Gasteiger partial charge in [0.05, 0.1) is 7.11 Å². The van der Waals surface area contributed by atoms with Crippen LogP contribution in [0, 0.1) is 0 Å². The fourth-order valence-corrected chi connectivity index (χ4v) is 3.35. The number of amides is 2. The number of benzene rings is 1. The zero-order valence-electron chi connectivity index (χ0n) is 16.3. The Morgan fingerprint density at radius 3 is 2.46 bits per heavy atom. The molecule has 28 heavy (non-hydrogen) atoms. The Labute approximate surface area is 165 Å². The van der Waals surface area contributed by atoms with E-state index < -0.39 is 0 Å². The Kier molecular flexibility index (Phi) is 7.00. The minimum absolute atomic E-state index is 0.0171. The van der Waals surface area contributed by atoms with E-state index in [0.29, 0.717) is 18.5 Å². The van der Waals surface area contributed by atoms with Gasteiger partial charge >= 0.3 is 0 Å². The lowest BCUT2D eigenvalue weighted by atomic mass is 10.1. The standard InChI is InChI=1S/C22H27N3O3/c1-28-19-8-6-17(7-9-19)10-12-24-21(26)20-16-18(11-13-23-20)22(27)25-14-4-2-3-5-15-25/h6-9,11,13,16H,2-5,10,12,14-15H2,1H3,(H,24,26). The highest BCUT2D eigenvalue weighted by Crippen LogP contribution is 2.14. The Morgan fingerprint density at radius 1 is 1.07 bits per heavy atom. The van der Waals surface area contributed by atoms with Gasteiger partial charge in [0, 0.05) is 31.4 Å². The van der Waals surface area contributed by atoms with Crippen LogP contribution in [0.2, 0.25) is 0 Å². The van der Waals surface area contributed by atoms with E-state index in [-0.39, 0.29) is 17.5 Å². The van der Waals surface area contributed by atoms with E-state index >= 15 is 0 Å². The second-order valence-corrected chi connectivity index (χ2v) is 6.99. The van der Waals surface area contributed by atoms with Crippen molar-refractivity contribution in [3.05, 3.63) is 59.4 Å². The van der Waals surface area contributed by atoms with Gasteiger partial charge in [-0.05, 0) is 49.1 Å². The molecule has 1 aromatic heterocycles. The minimum Gasteiger partial charge on any atom is -0.497 e. The lowest BCUT2D eigenvalue weighted by molar-refractivity contribution is 0.0761. The number of carbonyl (C=O) groups excluding carboxylic acids is 2. The lowest BCUT2D eigenvalue weighted by Crippen LogP contribution is -2.32. The predicted octanol–water partition coefficient (Wildman–Crippen LogP) is 3.08. The van der Waals surface area contributed by atoms with Gasteiger partial charge in [-0.15, -0.1) is 0 Å². The van der Waals surface area contributed by atoms with Crippen molar-refractivity contribution >= 4 is 11.8 Å². The minimum atomic E-state index is -0.265. The van der Waals surface area contributed by atoms with Gasteiger partial charge in [-0.2, -0.15) is 0 Å². The fourth-order valence-electron chi connectivity index (χ4n) is 3.35. The molecule has 1 N–H and O–H groups in total. The van der Waals surface area contributed by atoms with Crippen LogP contribution in [-0.4, -0.2) is 48.4 Å². The van der Waals surface area contributed by atoms with Crippen molar-refractivity contribution in [1.82, 2.24) is 15.2 Å². The van der Waals surface area contributed by atoms with Crippen LogP contribution in [0.15, 0.2) is 42.6 Å². The summed E-state index contributed by atoms with van der Waals surface area (Å²) in [7, 11) is 1.63. The maximum atomic E-state index is 12.7. The maximum absolute atomic E-state index is 12.7. The monoisotopic (exact) mass is 381 g/mol. The normalized spacial score (nSPS) is 14.2. The molecule has 1 aliphatic rings. The zero-order chi connectivity index (χ0) is 19.8. The van der Waals surface area contributed by atoms with Crippen LogP contribution in [0.4, 0.5) is 0 Å². The average molecular weight is 381 g/mol. The molecule has 6 heteroatoms. The van der Waals surface area contributed by atoms with Crippen molar-refractivity contribution in [3.63, 3.8) is 0 Å². The molecule has 0 radical (unpaired) electrons. The highest BCUT2D eigenvalue weighted by Gasteiger charge is 2.18. The van der Waals surface area contributed by atoms with Crippen LogP contribution in [0.3, 0.4) is 0 Å². The molecule has 1 aliphatic heterocycles. The molecule has 0 unspecified atom stereocenters. The van der Waals surface area contributed by atoms with Crippen molar-refractivity contribution in [1.29, 1.82) is 0 Å². The number of aromatic nitrogens is 1. The van der Waals surface area contributed by atoms with Crippen LogP contribution in [0.1, 0.15) is 52.1 Å². The van der Waals surface area contributed by atoms with Crippen LogP contribution in [0.5, 0.6) is 5.75 Å². The summed E-state index contributed by atoms with van der Waals surface area (Å²) in [6.07, 6.45) is 6.65. The lowest BCUT2D eigenvalue weighted by Gasteiger charge is -2.20. The molecule has 1 saturated heterocycles. The van der Waals surface area contributed by atoms with Crippen molar-refractivity contribution in [2.75, 3.05) is 26.7 Å². The number of nitrogens with zero attached hydrogens (tertiary/aromatic N) is 2. The number of ether oxygens (including phenoxy) is 1. The number of hydrogen-bond donors (Lipinski definition) is 1. The van der Waals surface area contributed by atoms with Crippen LogP contribution >= 0.6 is 0 Å². The van der Waals surface area contributed by atoms with Gasteiger partial charge < -0.3 is 15.0 Å². The maximum Gasteiger partial charge on any atom is 0.269 e. The SMILES string of the molecule is COc1ccc(CCNC(=O)c2cc(C(=O)N3CCCCCC3)ccn2)cc1. The van der Waals surface area contributed by atoms with Crippen LogP contribution in [-0.2, 0) is 6.42 Å². The number of hydrogen-bond acceptors (Lipinski definition) is 4. The second-order valence-electron chi connectivity index (χ2n) is 6.99. The summed E-state index contributed by atoms with van der Waals surface area (Å²) in [6, 6.07) is 11.0. The summed E-state index contributed by atoms with van der Waals surface area (Å²) in [4.78, 5) is 31.2. The third-order valence-corrected chi connectivity index (χ3v) is 4.99. The van der Waals surface area contributed by atoms with E-state index in [1.807, 2.05) is 29.2 Å². The van der Waals surface area contributed by atoms with Gasteiger partial charge in [0.1, 0.15) is 11.4 Å². The zero-order valence-corrected chi connectivity index (χ0v) is 16.3. The number of rotatable bonds is 6. The molecule has 2 amide bonds. The van der Waals surface area contributed by atoms with Crippen molar-refractivity contribution < 1.29 is 14.3 Å².